The minimum absolute atomic E-state index is 0.0456. The fourth-order valence-corrected chi connectivity index (χ4v) is 7.34. The maximum Gasteiger partial charge on any atom is 0.0548 e. The molecule has 2 heteroatoms. The summed E-state index contributed by atoms with van der Waals surface area (Å²) >= 11 is 0. The summed E-state index contributed by atoms with van der Waals surface area (Å²) in [5, 5.41) is 7.66. The molecule has 2 aromatic heterocycles. The van der Waals surface area contributed by atoms with E-state index in [4.69, 9.17) is 0 Å². The Morgan fingerprint density at radius 1 is 0.391 bits per heavy atom. The summed E-state index contributed by atoms with van der Waals surface area (Å²) in [6.07, 6.45) is 0. The van der Waals surface area contributed by atoms with Crippen molar-refractivity contribution in [1.29, 1.82) is 0 Å². The lowest BCUT2D eigenvalue weighted by Crippen LogP contribution is -2.10. The normalized spacial score (nSPS) is 12.2. The average Bonchev–Trinajstić information content (AvgIpc) is 3.60. The van der Waals surface area contributed by atoms with Gasteiger partial charge in [0.2, 0.25) is 0 Å². The van der Waals surface area contributed by atoms with Crippen molar-refractivity contribution < 1.29 is 0 Å². The molecule has 0 spiro atoms. The van der Waals surface area contributed by atoms with Gasteiger partial charge in [-0.2, -0.15) is 0 Å². The van der Waals surface area contributed by atoms with Crippen LogP contribution < -0.4 is 0 Å². The molecule has 0 fully saturated rings. The van der Waals surface area contributed by atoms with E-state index in [-0.39, 0.29) is 5.41 Å². The number of nitrogens with zero attached hydrogens (tertiary/aromatic N) is 2. The second kappa shape index (κ2) is 9.95. The van der Waals surface area contributed by atoms with Crippen molar-refractivity contribution >= 4 is 54.4 Å². The fourth-order valence-electron chi connectivity index (χ4n) is 7.34. The molecule has 2 nitrogen and oxygen atoms in total. The van der Waals surface area contributed by atoms with Crippen molar-refractivity contribution in [3.8, 4) is 22.5 Å². The van der Waals surface area contributed by atoms with Crippen molar-refractivity contribution in [2.24, 2.45) is 0 Å². The zero-order valence-electron chi connectivity index (χ0n) is 26.3. The number of benzene rings is 7. The predicted octanol–water partition coefficient (Wildman–Crippen LogP) is 12.0. The van der Waals surface area contributed by atoms with E-state index < -0.39 is 0 Å². The first-order valence-corrected chi connectivity index (χ1v) is 16.1. The molecule has 0 aliphatic heterocycles. The monoisotopic (exact) mass is 590 g/mol. The molecule has 7 aromatic carbocycles. The summed E-state index contributed by atoms with van der Waals surface area (Å²) in [4.78, 5) is 0. The number of hydrogen-bond acceptors (Lipinski definition) is 0. The van der Waals surface area contributed by atoms with E-state index >= 15 is 0 Å². The SMILES string of the molecule is CC(C)(C)c1ccc2c3c4c5ccc(-c6ccc7ccccc7c6)cc5n(-c5ccccc5)c4ccc3n(-c3ccccc3)c2c1. The highest BCUT2D eigenvalue weighted by Crippen LogP contribution is 2.44. The minimum Gasteiger partial charge on any atom is -0.309 e. The number of rotatable bonds is 3. The topological polar surface area (TPSA) is 9.86 Å². The first-order chi connectivity index (χ1) is 22.5. The zero-order chi connectivity index (χ0) is 31.0. The van der Waals surface area contributed by atoms with Crippen molar-refractivity contribution in [2.75, 3.05) is 0 Å². The van der Waals surface area contributed by atoms with E-state index in [1.54, 1.807) is 0 Å². The van der Waals surface area contributed by atoms with Crippen LogP contribution in [0.2, 0.25) is 0 Å². The highest BCUT2D eigenvalue weighted by molar-refractivity contribution is 6.29. The predicted molar refractivity (Wildman–Crippen MR) is 197 cm³/mol. The van der Waals surface area contributed by atoms with Crippen molar-refractivity contribution in [3.05, 3.63) is 157 Å². The highest BCUT2D eigenvalue weighted by atomic mass is 15.0. The molecule has 0 aliphatic carbocycles. The van der Waals surface area contributed by atoms with Gasteiger partial charge < -0.3 is 9.13 Å². The van der Waals surface area contributed by atoms with Crippen LogP contribution in [0.5, 0.6) is 0 Å². The number of aromatic nitrogens is 2. The van der Waals surface area contributed by atoms with Gasteiger partial charge in [0.05, 0.1) is 22.1 Å². The van der Waals surface area contributed by atoms with Crippen molar-refractivity contribution in [3.63, 3.8) is 0 Å². The molecular formula is C44H34N2. The van der Waals surface area contributed by atoms with Gasteiger partial charge in [0.25, 0.3) is 0 Å². The van der Waals surface area contributed by atoms with Gasteiger partial charge >= 0.3 is 0 Å². The van der Waals surface area contributed by atoms with Crippen molar-refractivity contribution in [1.82, 2.24) is 9.13 Å². The molecule has 0 saturated carbocycles. The molecule has 0 bridgehead atoms. The molecule has 0 N–H and O–H groups in total. The molecule has 9 aromatic rings. The van der Waals surface area contributed by atoms with Gasteiger partial charge in [0.15, 0.2) is 0 Å². The minimum atomic E-state index is 0.0456. The molecule has 0 saturated heterocycles. The largest absolute Gasteiger partial charge is 0.309 e. The maximum atomic E-state index is 2.45. The molecule has 0 radical (unpaired) electrons. The summed E-state index contributed by atoms with van der Waals surface area (Å²) in [5.41, 5.74) is 11.1. The second-order valence-corrected chi connectivity index (χ2v) is 13.5. The molecule has 2 heterocycles. The standard InChI is InChI=1S/C44H34N2/c1-44(2,3)33-21-23-37-41(28-33)46(35-16-8-5-9-17-35)39-25-24-38-42(43(37)39)36-22-20-32(27-40(36)45(38)34-14-6-4-7-15-34)31-19-18-29-12-10-11-13-30(29)26-31/h4-28H,1-3H3. The van der Waals surface area contributed by atoms with Crippen LogP contribution in [0.3, 0.4) is 0 Å². The second-order valence-electron chi connectivity index (χ2n) is 13.5. The fraction of sp³-hybridized carbons (Fsp3) is 0.0909. The Kier molecular flexibility index (Phi) is 5.79. The lowest BCUT2D eigenvalue weighted by Gasteiger charge is -2.19. The van der Waals surface area contributed by atoms with Crippen LogP contribution in [0.1, 0.15) is 26.3 Å². The quantitative estimate of drug-likeness (QED) is 0.194. The van der Waals surface area contributed by atoms with Gasteiger partial charge in [-0.25, -0.2) is 0 Å². The Bertz CT molecular complexity index is 2590. The number of hydrogen-bond donors (Lipinski definition) is 0. The molecule has 0 unspecified atom stereocenters. The summed E-state index contributed by atoms with van der Waals surface area (Å²) < 4.78 is 4.90. The van der Waals surface area contributed by atoms with Gasteiger partial charge in [-0.1, -0.05) is 118 Å². The number of fused-ring (bicyclic) bond motifs is 8. The van der Waals surface area contributed by atoms with Gasteiger partial charge in [-0.15, -0.1) is 0 Å². The lowest BCUT2D eigenvalue weighted by atomic mass is 9.86. The van der Waals surface area contributed by atoms with E-state index in [0.717, 1.165) is 0 Å². The Morgan fingerprint density at radius 3 is 1.50 bits per heavy atom. The summed E-state index contributed by atoms with van der Waals surface area (Å²) in [6.45, 7) is 6.88. The third-order valence-corrected chi connectivity index (χ3v) is 9.64. The van der Waals surface area contributed by atoms with Crippen LogP contribution in [0, 0.1) is 0 Å². The van der Waals surface area contributed by atoms with Crippen molar-refractivity contribution in [2.45, 2.75) is 26.2 Å². The third kappa shape index (κ3) is 4.03. The maximum absolute atomic E-state index is 2.45. The van der Waals surface area contributed by atoms with Crippen LogP contribution in [0.25, 0.3) is 76.9 Å². The van der Waals surface area contributed by atoms with Crippen LogP contribution in [-0.4, -0.2) is 9.13 Å². The molecule has 0 aliphatic rings. The Morgan fingerprint density at radius 2 is 0.891 bits per heavy atom. The summed E-state index contributed by atoms with van der Waals surface area (Å²) in [5.74, 6) is 0. The van der Waals surface area contributed by atoms with E-state index in [1.807, 2.05) is 0 Å². The van der Waals surface area contributed by atoms with Gasteiger partial charge in [-0.3, -0.25) is 0 Å². The van der Waals surface area contributed by atoms with E-state index in [9.17, 15) is 0 Å². The van der Waals surface area contributed by atoms with Gasteiger partial charge in [0, 0.05) is 32.9 Å². The molecule has 9 rings (SSSR count). The van der Waals surface area contributed by atoms with E-state index in [0.29, 0.717) is 0 Å². The Hall–Kier alpha value is -5.60. The summed E-state index contributed by atoms with van der Waals surface area (Å²) in [7, 11) is 0. The van der Waals surface area contributed by atoms with Crippen LogP contribution >= 0.6 is 0 Å². The van der Waals surface area contributed by atoms with Gasteiger partial charge in [-0.05, 0) is 87.5 Å². The highest BCUT2D eigenvalue weighted by Gasteiger charge is 2.23. The smallest absolute Gasteiger partial charge is 0.0548 e. The zero-order valence-corrected chi connectivity index (χ0v) is 26.3. The molecule has 0 amide bonds. The Balaban J connectivity index is 1.42. The lowest BCUT2D eigenvalue weighted by molar-refractivity contribution is 0.591. The van der Waals surface area contributed by atoms with E-state index in [1.165, 1.54) is 82.4 Å². The first kappa shape index (κ1) is 26.8. The average molecular weight is 591 g/mol. The Labute approximate surface area is 268 Å². The summed E-state index contributed by atoms with van der Waals surface area (Å²) in [6, 6.07) is 55.7. The first-order valence-electron chi connectivity index (χ1n) is 16.1. The third-order valence-electron chi connectivity index (χ3n) is 9.64. The van der Waals surface area contributed by atoms with Gasteiger partial charge in [0.1, 0.15) is 0 Å². The molecule has 46 heavy (non-hydrogen) atoms. The molecule has 220 valence electrons. The van der Waals surface area contributed by atoms with Crippen LogP contribution in [0.4, 0.5) is 0 Å². The van der Waals surface area contributed by atoms with E-state index in [2.05, 4.69) is 182 Å². The molecular weight excluding hydrogens is 556 g/mol. The molecule has 0 atom stereocenters. The van der Waals surface area contributed by atoms with Crippen LogP contribution in [0.15, 0.2) is 152 Å². The number of para-hydroxylation sites is 2. The van der Waals surface area contributed by atoms with Crippen LogP contribution in [-0.2, 0) is 5.41 Å².